The molecule has 0 radical (unpaired) electrons. The molecule has 0 unspecified atom stereocenters. The van der Waals surface area contributed by atoms with Crippen LogP contribution in [0.5, 0.6) is 5.75 Å². The van der Waals surface area contributed by atoms with E-state index in [0.717, 1.165) is 11.3 Å². The first kappa shape index (κ1) is 25.8. The number of hydrogen-bond acceptors (Lipinski definition) is 8. The minimum absolute atomic E-state index is 0.0289. The number of esters is 2. The number of anilines is 1. The summed E-state index contributed by atoms with van der Waals surface area (Å²) in [6.07, 6.45) is 3.30. The molecule has 2 heterocycles. The van der Waals surface area contributed by atoms with Crippen molar-refractivity contribution < 1.29 is 19.1 Å². The third-order valence-electron chi connectivity index (χ3n) is 5.74. The van der Waals surface area contributed by atoms with Gasteiger partial charge < -0.3 is 14.4 Å². The van der Waals surface area contributed by atoms with Gasteiger partial charge in [0.05, 0.1) is 21.8 Å². The normalized spacial score (nSPS) is 15.0. The summed E-state index contributed by atoms with van der Waals surface area (Å²) in [5, 5.41) is 0. The highest BCUT2D eigenvalue weighted by Crippen LogP contribution is 2.31. The average molecular weight is 518 g/mol. The summed E-state index contributed by atoms with van der Waals surface area (Å²) in [5.41, 5.74) is 3.03. The number of fused-ring (bicyclic) bond motifs is 1. The van der Waals surface area contributed by atoms with E-state index in [0.29, 0.717) is 26.3 Å². The van der Waals surface area contributed by atoms with Gasteiger partial charge in [0.15, 0.2) is 4.80 Å². The fraction of sp³-hybridized carbons (Fsp3) is 0.214. The number of aromatic nitrogens is 1. The van der Waals surface area contributed by atoms with Gasteiger partial charge in [-0.15, -0.1) is 0 Å². The van der Waals surface area contributed by atoms with Crippen LogP contribution in [0, 0.1) is 0 Å². The standard InChI is InChI=1S/C28H27N3O5S/c1-6-15-35-27(34)24-17(2)29-28-31(25(24)20-9-13-22(14-10-20)36-18(3)32)26(33)23(37-28)16-19-7-11-21(12-8-19)30(4)5/h6-14,16,25H,1,15H2,2-5H3/b23-16-/t25-/m1/s1. The van der Waals surface area contributed by atoms with Crippen LogP contribution in [-0.2, 0) is 14.3 Å². The van der Waals surface area contributed by atoms with Gasteiger partial charge in [0.25, 0.3) is 5.56 Å². The summed E-state index contributed by atoms with van der Waals surface area (Å²) in [7, 11) is 3.93. The molecule has 0 amide bonds. The van der Waals surface area contributed by atoms with Crippen molar-refractivity contribution in [3.63, 3.8) is 0 Å². The van der Waals surface area contributed by atoms with Gasteiger partial charge in [0.1, 0.15) is 12.4 Å². The van der Waals surface area contributed by atoms with Gasteiger partial charge in [-0.2, -0.15) is 0 Å². The molecule has 0 saturated heterocycles. The molecule has 37 heavy (non-hydrogen) atoms. The highest BCUT2D eigenvalue weighted by Gasteiger charge is 2.33. The number of carbonyl (C=O) groups excluding carboxylic acids is 2. The van der Waals surface area contributed by atoms with Gasteiger partial charge >= 0.3 is 11.9 Å². The van der Waals surface area contributed by atoms with Gasteiger partial charge in [-0.05, 0) is 48.4 Å². The van der Waals surface area contributed by atoms with E-state index in [1.807, 2.05) is 49.3 Å². The van der Waals surface area contributed by atoms with Crippen molar-refractivity contribution in [3.8, 4) is 5.75 Å². The van der Waals surface area contributed by atoms with Gasteiger partial charge in [-0.1, -0.05) is 48.3 Å². The first-order valence-electron chi connectivity index (χ1n) is 11.6. The maximum atomic E-state index is 13.7. The van der Waals surface area contributed by atoms with Gasteiger partial charge in [0.2, 0.25) is 0 Å². The smallest absolute Gasteiger partial charge is 0.338 e. The molecule has 0 saturated carbocycles. The molecule has 1 aliphatic rings. The topological polar surface area (TPSA) is 90.2 Å². The van der Waals surface area contributed by atoms with Crippen molar-refractivity contribution in [2.24, 2.45) is 4.99 Å². The fourth-order valence-electron chi connectivity index (χ4n) is 4.01. The van der Waals surface area contributed by atoms with E-state index in [2.05, 4.69) is 11.6 Å². The second kappa shape index (κ2) is 10.8. The Kier molecular flexibility index (Phi) is 7.54. The van der Waals surface area contributed by atoms with E-state index in [1.165, 1.54) is 28.9 Å². The third-order valence-corrected chi connectivity index (χ3v) is 6.72. The fourth-order valence-corrected chi connectivity index (χ4v) is 5.06. The van der Waals surface area contributed by atoms with Crippen LogP contribution in [0.25, 0.3) is 6.08 Å². The first-order valence-corrected chi connectivity index (χ1v) is 12.4. The van der Waals surface area contributed by atoms with Gasteiger partial charge in [-0.3, -0.25) is 14.2 Å². The van der Waals surface area contributed by atoms with E-state index in [1.54, 1.807) is 31.2 Å². The summed E-state index contributed by atoms with van der Waals surface area (Å²) in [4.78, 5) is 45.2. The summed E-state index contributed by atoms with van der Waals surface area (Å²) in [5.74, 6) is -0.658. The average Bonchev–Trinajstić information content (AvgIpc) is 3.16. The molecule has 0 bridgehead atoms. The predicted molar refractivity (Wildman–Crippen MR) is 143 cm³/mol. The number of allylic oxidation sites excluding steroid dienone is 1. The summed E-state index contributed by atoms with van der Waals surface area (Å²) in [6.45, 7) is 6.67. The van der Waals surface area contributed by atoms with Gasteiger partial charge in [-0.25, -0.2) is 9.79 Å². The summed E-state index contributed by atoms with van der Waals surface area (Å²) >= 11 is 1.26. The van der Waals surface area contributed by atoms with E-state index >= 15 is 0 Å². The van der Waals surface area contributed by atoms with Crippen molar-refractivity contribution in [1.29, 1.82) is 0 Å². The maximum absolute atomic E-state index is 13.7. The molecule has 0 fully saturated rings. The van der Waals surface area contributed by atoms with Crippen LogP contribution in [0.2, 0.25) is 0 Å². The second-order valence-electron chi connectivity index (χ2n) is 8.62. The van der Waals surface area contributed by atoms with Crippen LogP contribution in [0.1, 0.15) is 31.0 Å². The molecule has 1 aliphatic heterocycles. The predicted octanol–water partition coefficient (Wildman–Crippen LogP) is 2.96. The SMILES string of the molecule is C=CCOC(=O)C1=C(C)N=c2s/c(=C\c3ccc(N(C)C)cc3)c(=O)n2[C@@H]1c1ccc(OC(C)=O)cc1. The number of thiazole rings is 1. The molecule has 1 atom stereocenters. The number of nitrogens with zero attached hydrogens (tertiary/aromatic N) is 3. The van der Waals surface area contributed by atoms with Crippen LogP contribution in [-0.4, -0.2) is 37.2 Å². The molecule has 1 aromatic heterocycles. The molecule has 190 valence electrons. The zero-order chi connectivity index (χ0) is 26.7. The lowest BCUT2D eigenvalue weighted by Crippen LogP contribution is -2.39. The lowest BCUT2D eigenvalue weighted by molar-refractivity contribution is -0.138. The number of rotatable bonds is 7. The number of hydrogen-bond donors (Lipinski definition) is 0. The van der Waals surface area contributed by atoms with E-state index in [9.17, 15) is 14.4 Å². The van der Waals surface area contributed by atoms with Crippen LogP contribution in [0.3, 0.4) is 0 Å². The second-order valence-corrected chi connectivity index (χ2v) is 9.63. The number of benzene rings is 2. The van der Waals surface area contributed by atoms with Crippen molar-refractivity contribution in [1.82, 2.24) is 4.57 Å². The molecule has 4 rings (SSSR count). The van der Waals surface area contributed by atoms with Crippen molar-refractivity contribution >= 4 is 35.0 Å². The highest BCUT2D eigenvalue weighted by atomic mass is 32.1. The van der Waals surface area contributed by atoms with Crippen LogP contribution in [0.4, 0.5) is 5.69 Å². The van der Waals surface area contributed by atoms with Crippen molar-refractivity contribution in [2.45, 2.75) is 19.9 Å². The Hall–Kier alpha value is -4.24. The molecule has 0 aliphatic carbocycles. The molecule has 3 aromatic rings. The number of ether oxygens (including phenoxy) is 2. The molecule has 0 spiro atoms. The Morgan fingerprint density at radius 2 is 1.81 bits per heavy atom. The maximum Gasteiger partial charge on any atom is 0.338 e. The molecule has 8 nitrogen and oxygen atoms in total. The molecule has 0 N–H and O–H groups in total. The zero-order valence-corrected chi connectivity index (χ0v) is 21.9. The van der Waals surface area contributed by atoms with Crippen molar-refractivity contribution in [2.75, 3.05) is 25.6 Å². The quantitative estimate of drug-likeness (QED) is 0.272. The zero-order valence-electron chi connectivity index (χ0n) is 21.1. The highest BCUT2D eigenvalue weighted by molar-refractivity contribution is 7.07. The summed E-state index contributed by atoms with van der Waals surface area (Å²) < 4.78 is 12.5. The Morgan fingerprint density at radius 3 is 2.41 bits per heavy atom. The largest absolute Gasteiger partial charge is 0.458 e. The molecule has 9 heteroatoms. The Labute approximate surface area is 218 Å². The van der Waals surface area contributed by atoms with Crippen LogP contribution >= 0.6 is 11.3 Å². The monoisotopic (exact) mass is 517 g/mol. The molecular weight excluding hydrogens is 490 g/mol. The van der Waals surface area contributed by atoms with E-state index < -0.39 is 18.0 Å². The lowest BCUT2D eigenvalue weighted by Gasteiger charge is -2.24. The van der Waals surface area contributed by atoms with Crippen LogP contribution < -0.4 is 24.5 Å². The minimum atomic E-state index is -0.766. The van der Waals surface area contributed by atoms with Gasteiger partial charge in [0, 0.05) is 26.7 Å². The van der Waals surface area contributed by atoms with E-state index in [4.69, 9.17) is 9.47 Å². The van der Waals surface area contributed by atoms with Crippen molar-refractivity contribution in [3.05, 3.63) is 103 Å². The number of carbonyl (C=O) groups is 2. The molecule has 2 aromatic carbocycles. The first-order chi connectivity index (χ1) is 17.7. The molecular formula is C28H27N3O5S. The van der Waals surface area contributed by atoms with E-state index in [-0.39, 0.29) is 17.7 Å². The Bertz CT molecular complexity index is 1560. The Morgan fingerprint density at radius 1 is 1.14 bits per heavy atom. The minimum Gasteiger partial charge on any atom is -0.458 e. The third kappa shape index (κ3) is 5.46. The van der Waals surface area contributed by atoms with Crippen LogP contribution in [0.15, 0.2) is 82.2 Å². The lowest BCUT2D eigenvalue weighted by atomic mass is 9.96. The summed E-state index contributed by atoms with van der Waals surface area (Å²) in [6, 6.07) is 13.8. The Balaban J connectivity index is 1.86.